The minimum absolute atomic E-state index is 0.0482. The second-order valence-electron chi connectivity index (χ2n) is 13.9. The molecule has 0 amide bonds. The summed E-state index contributed by atoms with van der Waals surface area (Å²) in [7, 11) is -1.58. The molecule has 3 rings (SSSR count). The molecule has 2 aliphatic rings. The lowest BCUT2D eigenvalue weighted by molar-refractivity contribution is -0.226. The average Bonchev–Trinajstić information content (AvgIpc) is 3.59. The molecule has 2 aliphatic heterocycles. The molecular formula is C38H60FN4O7P. The number of nitriles is 1. The van der Waals surface area contributed by atoms with Crippen molar-refractivity contribution in [3.05, 3.63) is 68.8 Å². The fourth-order valence-electron chi connectivity index (χ4n) is 6.56. The number of hydrogen-bond acceptors (Lipinski definition) is 9. The van der Waals surface area contributed by atoms with E-state index in [1.807, 2.05) is 6.08 Å². The number of fused-ring (bicyclic) bond motifs is 1. The van der Waals surface area contributed by atoms with E-state index in [1.165, 1.54) is 5.57 Å². The van der Waals surface area contributed by atoms with Gasteiger partial charge in [-0.2, -0.15) is 9.65 Å². The highest BCUT2D eigenvalue weighted by Crippen LogP contribution is 2.50. The molecule has 11 nitrogen and oxygen atoms in total. The van der Waals surface area contributed by atoms with Crippen LogP contribution in [0.5, 0.6) is 0 Å². The topological polar surface area (TPSA) is 117 Å². The van der Waals surface area contributed by atoms with Crippen molar-refractivity contribution in [2.45, 2.75) is 162 Å². The van der Waals surface area contributed by atoms with E-state index in [-0.39, 0.29) is 38.3 Å². The van der Waals surface area contributed by atoms with Crippen molar-refractivity contribution in [2.75, 3.05) is 13.2 Å². The van der Waals surface area contributed by atoms with Gasteiger partial charge in [0.2, 0.25) is 5.82 Å². The summed E-state index contributed by atoms with van der Waals surface area (Å²) in [6.45, 7) is 16.7. The summed E-state index contributed by atoms with van der Waals surface area (Å²) in [4.78, 5) is 26.7. The Bertz CT molecular complexity index is 1470. The highest BCUT2D eigenvalue weighted by Gasteiger charge is 2.58. The van der Waals surface area contributed by atoms with Crippen molar-refractivity contribution < 1.29 is 27.6 Å². The molecule has 0 aromatic carbocycles. The highest BCUT2D eigenvalue weighted by atomic mass is 31.2. The van der Waals surface area contributed by atoms with E-state index >= 15 is 4.39 Å². The second kappa shape index (κ2) is 21.3. The molecule has 2 fully saturated rings. The van der Waals surface area contributed by atoms with Crippen molar-refractivity contribution in [1.82, 2.24) is 13.8 Å². The van der Waals surface area contributed by atoms with Gasteiger partial charge < -0.3 is 23.3 Å². The van der Waals surface area contributed by atoms with Crippen LogP contribution in [-0.4, -0.2) is 63.2 Å². The molecule has 2 unspecified atom stereocenters. The summed E-state index contributed by atoms with van der Waals surface area (Å²) in [5, 5.41) is 9.11. The first-order valence-electron chi connectivity index (χ1n) is 18.6. The van der Waals surface area contributed by atoms with Gasteiger partial charge in [-0.05, 0) is 67.2 Å². The Balaban J connectivity index is 1.86. The fraction of sp³-hybridized carbons (Fsp3) is 0.711. The normalized spacial score (nSPS) is 22.1. The highest BCUT2D eigenvalue weighted by molar-refractivity contribution is 7.44. The van der Waals surface area contributed by atoms with E-state index in [9.17, 15) is 9.59 Å². The Morgan fingerprint density at radius 2 is 1.61 bits per heavy atom. The molecule has 0 bridgehead atoms. The van der Waals surface area contributed by atoms with Crippen LogP contribution in [0.2, 0.25) is 0 Å². The molecule has 5 atom stereocenters. The van der Waals surface area contributed by atoms with Crippen molar-refractivity contribution in [3.63, 3.8) is 0 Å². The lowest BCUT2D eigenvalue weighted by atomic mass is 10.1. The van der Waals surface area contributed by atoms with Gasteiger partial charge in [-0.25, -0.2) is 9.46 Å². The number of halogens is 1. The molecule has 3 heterocycles. The Morgan fingerprint density at radius 1 is 1.00 bits per heavy atom. The predicted molar refractivity (Wildman–Crippen MR) is 198 cm³/mol. The third kappa shape index (κ3) is 12.0. The van der Waals surface area contributed by atoms with Crippen molar-refractivity contribution in [3.8, 4) is 6.07 Å². The molecule has 2 saturated heterocycles. The van der Waals surface area contributed by atoms with Crippen LogP contribution in [0.15, 0.2) is 51.7 Å². The number of ether oxygens (including phenoxy) is 3. The van der Waals surface area contributed by atoms with E-state index in [1.54, 1.807) is 6.08 Å². The quantitative estimate of drug-likeness (QED) is 0.0663. The number of rotatable bonds is 22. The van der Waals surface area contributed by atoms with Crippen LogP contribution in [0.1, 0.15) is 119 Å². The number of unbranched alkanes of at least 4 members (excludes halogenated alkanes) is 2. The minimum atomic E-state index is -1.58. The van der Waals surface area contributed by atoms with E-state index in [4.69, 9.17) is 28.5 Å². The molecule has 0 spiro atoms. The maximum absolute atomic E-state index is 15.3. The van der Waals surface area contributed by atoms with E-state index in [0.29, 0.717) is 12.8 Å². The van der Waals surface area contributed by atoms with Gasteiger partial charge in [0.05, 0.1) is 31.9 Å². The smallest absolute Gasteiger partial charge is 0.333 e. The van der Waals surface area contributed by atoms with Gasteiger partial charge in [0.1, 0.15) is 18.3 Å². The predicted octanol–water partition coefficient (Wildman–Crippen LogP) is 8.06. The maximum atomic E-state index is 15.3. The first-order chi connectivity index (χ1) is 24.4. The van der Waals surface area contributed by atoms with Crippen LogP contribution in [-0.2, 0) is 29.8 Å². The minimum Gasteiger partial charge on any atom is -0.346 e. The van der Waals surface area contributed by atoms with Crippen LogP contribution in [0, 0.1) is 17.1 Å². The molecule has 13 heteroatoms. The summed E-state index contributed by atoms with van der Waals surface area (Å²) in [5.74, 6) is -1.96. The van der Waals surface area contributed by atoms with E-state index in [2.05, 4.69) is 84.4 Å². The Hall–Kier alpha value is -2.49. The Morgan fingerprint density at radius 3 is 2.20 bits per heavy atom. The summed E-state index contributed by atoms with van der Waals surface area (Å²) in [5.41, 5.74) is -0.387. The number of nitrogens with zero attached hydrogens (tertiary/aromatic N) is 4. The van der Waals surface area contributed by atoms with Crippen molar-refractivity contribution in [1.29, 1.82) is 5.26 Å². The van der Waals surface area contributed by atoms with Crippen LogP contribution in [0.25, 0.3) is 0 Å². The van der Waals surface area contributed by atoms with Gasteiger partial charge in [-0.1, -0.05) is 62.6 Å². The third-order valence-electron chi connectivity index (χ3n) is 8.70. The van der Waals surface area contributed by atoms with Crippen molar-refractivity contribution >= 4 is 8.53 Å². The van der Waals surface area contributed by atoms with Gasteiger partial charge in [-0.3, -0.25) is 13.9 Å². The standard InChI is InChI=1S/C38H60FN4O7P/c1-9-21-38(22-10-2)49-33-32(27-47-51(46-25-19-23-40)43(29(5)6)30(7)8)48-36(34(33)50-38)42-26-31(39)35(44)41(37(42)45)24-18-16-14-12-11-13-15-17-20-28(3)4/h11,13,16,18,20,26,29-30,32-34,36H,9-10,12,14-15,17,19,21-22,24-25,27H2,1-8H3/b13-11+,18-16+/t32-,33?,34+,36-,51?/m1/s1. The maximum Gasteiger partial charge on any atom is 0.333 e. The van der Waals surface area contributed by atoms with Crippen LogP contribution in [0.4, 0.5) is 4.39 Å². The molecule has 1 aromatic heterocycles. The van der Waals surface area contributed by atoms with Crippen LogP contribution < -0.4 is 11.2 Å². The summed E-state index contributed by atoms with van der Waals surface area (Å²) in [6, 6.07) is 2.31. The van der Waals surface area contributed by atoms with Crippen LogP contribution >= 0.6 is 8.53 Å². The SMILES string of the molecule is CCCC1(CCC)OC2[C@@H](COP(OCCC#N)N(C(C)C)C(C)C)O[C@@H](n3cc(F)c(=O)n(C/C=C/CC/C=C/CCC=C(C)C)c3=O)[C@H]2O1. The lowest BCUT2D eigenvalue weighted by Crippen LogP contribution is -2.44. The first kappa shape index (κ1) is 42.9. The number of hydrogen-bond donors (Lipinski definition) is 0. The van der Waals surface area contributed by atoms with Crippen LogP contribution in [0.3, 0.4) is 0 Å². The van der Waals surface area contributed by atoms with Gasteiger partial charge in [0.25, 0.3) is 14.1 Å². The zero-order valence-corrected chi connectivity index (χ0v) is 32.8. The average molecular weight is 735 g/mol. The van der Waals surface area contributed by atoms with Gasteiger partial charge in [0, 0.05) is 31.5 Å². The summed E-state index contributed by atoms with van der Waals surface area (Å²) >= 11 is 0. The Labute approximate surface area is 305 Å². The molecular weight excluding hydrogens is 674 g/mol. The van der Waals surface area contributed by atoms with Gasteiger partial charge in [0.15, 0.2) is 12.0 Å². The van der Waals surface area contributed by atoms with E-state index < -0.39 is 55.9 Å². The molecule has 286 valence electrons. The second-order valence-corrected chi connectivity index (χ2v) is 15.4. The molecule has 51 heavy (non-hydrogen) atoms. The number of allylic oxidation sites excluding steroid dienone is 6. The van der Waals surface area contributed by atoms with Gasteiger partial charge >= 0.3 is 5.69 Å². The number of aromatic nitrogens is 2. The largest absolute Gasteiger partial charge is 0.346 e. The molecule has 1 aromatic rings. The van der Waals surface area contributed by atoms with E-state index in [0.717, 1.165) is 53.9 Å². The monoisotopic (exact) mass is 734 g/mol. The molecule has 0 aliphatic carbocycles. The first-order valence-corrected chi connectivity index (χ1v) is 19.7. The summed E-state index contributed by atoms with van der Waals surface area (Å²) < 4.78 is 51.6. The summed E-state index contributed by atoms with van der Waals surface area (Å²) in [6.07, 6.45) is 14.5. The molecule has 0 N–H and O–H groups in total. The third-order valence-corrected chi connectivity index (χ3v) is 10.8. The zero-order chi connectivity index (χ0) is 37.6. The lowest BCUT2D eigenvalue weighted by Gasteiger charge is -2.36. The zero-order valence-electron chi connectivity index (χ0n) is 31.9. The Kier molecular flexibility index (Phi) is 17.9. The fourth-order valence-corrected chi connectivity index (χ4v) is 8.17. The van der Waals surface area contributed by atoms with Gasteiger partial charge in [-0.15, -0.1) is 0 Å². The van der Waals surface area contributed by atoms with Crippen molar-refractivity contribution in [2.24, 2.45) is 0 Å². The molecule has 0 radical (unpaired) electrons. The molecule has 0 saturated carbocycles.